The summed E-state index contributed by atoms with van der Waals surface area (Å²) in [5, 5.41) is 12.6. The lowest BCUT2D eigenvalue weighted by Crippen LogP contribution is -2.74. The van der Waals surface area contributed by atoms with Crippen LogP contribution in [0.1, 0.15) is 0 Å². The molecule has 70 heavy (non-hydrogen) atoms. The lowest BCUT2D eigenvalue weighted by atomic mass is 10.1. The van der Waals surface area contributed by atoms with E-state index < -0.39 is 8.07 Å². The summed E-state index contributed by atoms with van der Waals surface area (Å²) in [5.74, 6) is 1.74. The van der Waals surface area contributed by atoms with Crippen molar-refractivity contribution in [3.05, 3.63) is 267 Å². The Hall–Kier alpha value is -9.03. The molecule has 0 radical (unpaired) electrons. The minimum absolute atomic E-state index is 0.868. The molecule has 14 aromatic rings. The van der Waals surface area contributed by atoms with Gasteiger partial charge >= 0.3 is 0 Å². The molecule has 4 nitrogen and oxygen atoms in total. The van der Waals surface area contributed by atoms with Crippen molar-refractivity contribution in [3.8, 4) is 28.5 Å². The maximum atomic E-state index is 5.66. The Bertz CT molecular complexity index is 3960. The van der Waals surface area contributed by atoms with Crippen molar-refractivity contribution in [1.29, 1.82) is 0 Å². The van der Waals surface area contributed by atoms with Crippen LogP contribution in [0.4, 0.5) is 0 Å². The fourth-order valence-corrected chi connectivity index (χ4v) is 16.4. The highest BCUT2D eigenvalue weighted by molar-refractivity contribution is 7.19. The summed E-state index contributed by atoms with van der Waals surface area (Å²) >= 11 is 0. The lowest BCUT2D eigenvalue weighted by molar-refractivity contribution is 1.01. The van der Waals surface area contributed by atoms with E-state index in [1.807, 2.05) is 0 Å². The van der Waals surface area contributed by atoms with Crippen LogP contribution < -0.4 is 20.7 Å². The molecule has 0 saturated carbocycles. The number of hydrogen-bond acceptors (Lipinski definition) is 1. The van der Waals surface area contributed by atoms with Crippen molar-refractivity contribution in [3.63, 3.8) is 0 Å². The molecular formula is C65H44N4Si. The van der Waals surface area contributed by atoms with Crippen molar-refractivity contribution in [2.24, 2.45) is 0 Å². The fourth-order valence-electron chi connectivity index (χ4n) is 11.6. The van der Waals surface area contributed by atoms with Crippen molar-refractivity contribution in [2.45, 2.75) is 0 Å². The van der Waals surface area contributed by atoms with E-state index >= 15 is 0 Å². The molecule has 10 aromatic carbocycles. The number of aromatic nitrogens is 4. The molecule has 0 amide bonds. The largest absolute Gasteiger partial charge is 0.309 e. The predicted molar refractivity (Wildman–Crippen MR) is 296 cm³/mol. The van der Waals surface area contributed by atoms with Gasteiger partial charge in [-0.1, -0.05) is 206 Å². The first-order valence-corrected chi connectivity index (χ1v) is 26.0. The van der Waals surface area contributed by atoms with E-state index in [4.69, 9.17) is 4.98 Å². The molecule has 328 valence electrons. The average molecular weight is 909 g/mol. The van der Waals surface area contributed by atoms with E-state index in [1.165, 1.54) is 64.1 Å². The van der Waals surface area contributed by atoms with Crippen LogP contribution in [-0.4, -0.2) is 26.8 Å². The minimum Gasteiger partial charge on any atom is -0.309 e. The number of nitrogens with zero attached hydrogens (tertiary/aromatic N) is 4. The number of pyridine rings is 1. The molecule has 0 atom stereocenters. The summed E-state index contributed by atoms with van der Waals surface area (Å²) in [7, 11) is -2.99. The summed E-state index contributed by atoms with van der Waals surface area (Å²) < 4.78 is 7.11. The Morgan fingerprint density at radius 3 is 0.971 bits per heavy atom. The summed E-state index contributed by atoms with van der Waals surface area (Å²) in [6.07, 6.45) is 0. The monoisotopic (exact) mass is 908 g/mol. The van der Waals surface area contributed by atoms with E-state index in [-0.39, 0.29) is 0 Å². The molecule has 0 aliphatic carbocycles. The van der Waals surface area contributed by atoms with Gasteiger partial charge in [0.15, 0.2) is 8.07 Å². The van der Waals surface area contributed by atoms with Crippen LogP contribution in [0.5, 0.6) is 0 Å². The van der Waals surface area contributed by atoms with Crippen LogP contribution in [0.15, 0.2) is 267 Å². The Morgan fingerprint density at radius 1 is 0.243 bits per heavy atom. The number of hydrogen-bond donors (Lipinski definition) is 0. The third-order valence-corrected chi connectivity index (χ3v) is 19.4. The fraction of sp³-hybridized carbons (Fsp3) is 0. The van der Waals surface area contributed by atoms with Gasteiger partial charge in [-0.3, -0.25) is 9.13 Å². The second-order valence-corrected chi connectivity index (χ2v) is 22.1. The van der Waals surface area contributed by atoms with Crippen LogP contribution >= 0.6 is 0 Å². The summed E-state index contributed by atoms with van der Waals surface area (Å²) in [4.78, 5) is 5.66. The summed E-state index contributed by atoms with van der Waals surface area (Å²) in [6, 6.07) is 98.3. The first-order valence-electron chi connectivity index (χ1n) is 24.0. The Kier molecular flexibility index (Phi) is 9.19. The third-order valence-electron chi connectivity index (χ3n) is 14.6. The molecule has 0 unspecified atom stereocenters. The summed E-state index contributed by atoms with van der Waals surface area (Å²) in [5.41, 5.74) is 10.3. The van der Waals surface area contributed by atoms with Crippen molar-refractivity contribution in [2.75, 3.05) is 0 Å². The van der Waals surface area contributed by atoms with Crippen molar-refractivity contribution < 1.29 is 0 Å². The van der Waals surface area contributed by atoms with Gasteiger partial charge in [0.25, 0.3) is 0 Å². The quantitative estimate of drug-likeness (QED) is 0.110. The summed E-state index contributed by atoms with van der Waals surface area (Å²) in [6.45, 7) is 0. The molecule has 0 aliphatic rings. The van der Waals surface area contributed by atoms with Crippen molar-refractivity contribution in [1.82, 2.24) is 18.7 Å². The van der Waals surface area contributed by atoms with Crippen molar-refractivity contribution >= 4 is 94.2 Å². The second-order valence-electron chi connectivity index (χ2n) is 18.3. The Labute approximate surface area is 406 Å². The second kappa shape index (κ2) is 16.1. The van der Waals surface area contributed by atoms with Crippen LogP contribution in [0.25, 0.3) is 93.9 Å². The smallest absolute Gasteiger partial charge is 0.179 e. The van der Waals surface area contributed by atoms with Gasteiger partial charge in [-0.25, -0.2) is 4.98 Å². The van der Waals surface area contributed by atoms with Gasteiger partial charge in [0.05, 0.1) is 33.1 Å². The van der Waals surface area contributed by atoms with Gasteiger partial charge in [-0.15, -0.1) is 0 Å². The Morgan fingerprint density at radius 2 is 0.571 bits per heavy atom. The predicted octanol–water partition coefficient (Wildman–Crippen LogP) is 13.4. The first kappa shape index (κ1) is 40.1. The highest BCUT2D eigenvalue weighted by atomic mass is 28.3. The third kappa shape index (κ3) is 6.05. The molecule has 0 spiro atoms. The number of benzene rings is 10. The molecular weight excluding hydrogens is 865 g/mol. The number of rotatable bonds is 8. The van der Waals surface area contributed by atoms with E-state index in [0.29, 0.717) is 0 Å². The van der Waals surface area contributed by atoms with Gasteiger partial charge in [0.2, 0.25) is 0 Å². The van der Waals surface area contributed by atoms with Crippen LogP contribution in [0.3, 0.4) is 0 Å². The van der Waals surface area contributed by atoms with E-state index in [9.17, 15) is 0 Å². The molecule has 0 fully saturated rings. The molecule has 4 aromatic heterocycles. The SMILES string of the molecule is c1ccc([Si](c2ccccc2)(c2ccc(-n3c4ccccc4c4ccccc43)cc2)c2cccc(-c3cc(-n4c5ccccc5c5ccccc54)nc(-n4c5ccccc5c5ccccc54)c3)c2)cc1. The standard InChI is InChI=1S/C65H44N4Si/c1-3-21-48(22-4-1)70(49-23-5-2-6-24-49,50-40-38-47(39-41-50)67-58-32-13-7-26-52(58)53-27-8-14-33-59(53)67)51-25-19-20-45(42-51)46-43-64(68-60-34-15-9-28-54(60)55-29-10-16-35-61(55)68)66-65(44-46)69-62-36-17-11-30-56(62)57-31-12-18-37-63(57)69/h1-44H. The zero-order valence-corrected chi connectivity index (χ0v) is 39.2. The van der Waals surface area contributed by atoms with Gasteiger partial charge in [-0.05, 0) is 92.5 Å². The molecule has 0 saturated heterocycles. The maximum absolute atomic E-state index is 5.66. The van der Waals surface area contributed by atoms with Gasteiger partial charge in [0, 0.05) is 38.0 Å². The van der Waals surface area contributed by atoms with Gasteiger partial charge in [0.1, 0.15) is 11.6 Å². The maximum Gasteiger partial charge on any atom is 0.179 e. The molecule has 14 rings (SSSR count). The first-order chi connectivity index (χ1) is 34.7. The Balaban J connectivity index is 1.02. The zero-order chi connectivity index (χ0) is 46.2. The van der Waals surface area contributed by atoms with E-state index in [2.05, 4.69) is 281 Å². The molecule has 0 bridgehead atoms. The number of para-hydroxylation sites is 6. The molecule has 0 N–H and O–H groups in total. The van der Waals surface area contributed by atoms with Gasteiger partial charge < -0.3 is 4.57 Å². The highest BCUT2D eigenvalue weighted by Crippen LogP contribution is 2.37. The molecule has 0 aliphatic heterocycles. The van der Waals surface area contributed by atoms with E-state index in [0.717, 1.165) is 50.5 Å². The zero-order valence-electron chi connectivity index (χ0n) is 38.2. The van der Waals surface area contributed by atoms with Gasteiger partial charge in [-0.2, -0.15) is 0 Å². The average Bonchev–Trinajstić information content (AvgIpc) is 4.08. The normalized spacial score (nSPS) is 12.0. The highest BCUT2D eigenvalue weighted by Gasteiger charge is 2.41. The van der Waals surface area contributed by atoms with Crippen LogP contribution in [-0.2, 0) is 0 Å². The topological polar surface area (TPSA) is 27.7 Å². The minimum atomic E-state index is -2.99. The van der Waals surface area contributed by atoms with E-state index in [1.54, 1.807) is 0 Å². The number of fused-ring (bicyclic) bond motifs is 9. The lowest BCUT2D eigenvalue weighted by Gasteiger charge is -2.35. The van der Waals surface area contributed by atoms with Crippen LogP contribution in [0, 0.1) is 0 Å². The van der Waals surface area contributed by atoms with Crippen LogP contribution in [0.2, 0.25) is 0 Å². The molecule has 5 heteroatoms. The molecule has 4 heterocycles.